The van der Waals surface area contributed by atoms with Crippen LogP contribution in [-0.2, 0) is 16.4 Å². The van der Waals surface area contributed by atoms with Gasteiger partial charge in [-0.05, 0) is 54.4 Å². The number of nitrogen functional groups attached to an aromatic ring is 1. The summed E-state index contributed by atoms with van der Waals surface area (Å²) < 4.78 is 30.8. The van der Waals surface area contributed by atoms with E-state index in [2.05, 4.69) is 25.2 Å². The van der Waals surface area contributed by atoms with Crippen LogP contribution in [0.4, 0.5) is 5.69 Å². The monoisotopic (exact) mass is 545 g/mol. The van der Waals surface area contributed by atoms with Gasteiger partial charge in [-0.1, -0.05) is 36.4 Å². The van der Waals surface area contributed by atoms with E-state index in [0.29, 0.717) is 16.3 Å². The summed E-state index contributed by atoms with van der Waals surface area (Å²) >= 11 is 1.41. The number of aromatic nitrogens is 3. The van der Waals surface area contributed by atoms with Crippen molar-refractivity contribution in [1.29, 1.82) is 5.41 Å². The van der Waals surface area contributed by atoms with Crippen molar-refractivity contribution in [3.05, 3.63) is 107 Å². The highest BCUT2D eigenvalue weighted by Crippen LogP contribution is 2.30. The molecule has 0 aliphatic carbocycles. The van der Waals surface area contributed by atoms with Crippen molar-refractivity contribution < 1.29 is 13.2 Å². The molecule has 0 fully saturated rings. The number of hydrogen-bond acceptors (Lipinski definition) is 7. The Hall–Kier alpha value is -4.39. The number of aromatic amines is 1. The predicted octanol–water partition coefficient (Wildman–Crippen LogP) is 3.82. The highest BCUT2D eigenvalue weighted by molar-refractivity contribution is 7.89. The lowest BCUT2D eigenvalue weighted by Crippen LogP contribution is -2.30. The van der Waals surface area contributed by atoms with Crippen molar-refractivity contribution in [3.8, 4) is 0 Å². The summed E-state index contributed by atoms with van der Waals surface area (Å²) in [6, 6.07) is 21.5. The molecule has 6 N–H and O–H groups in total. The zero-order valence-electron chi connectivity index (χ0n) is 19.9. The standard InChI is InChI=1S/C26H23N7O3S2/c27-24(28)17-6-3-5-16(13-17)14-22(26-31-20-9-1-2-10-23(20)37-26)33-38(35,36)19-8-4-7-18(15-19)30-25(34)21-11-12-29-32-21/h1-13,15,22,33H,14H2,(H3,27,28)(H,29,32)(H,30,34)/t22-/m1/s1. The first-order valence-corrected chi connectivity index (χ1v) is 13.8. The fraction of sp³-hybridized carbons (Fsp3) is 0.0769. The fourth-order valence-electron chi connectivity index (χ4n) is 3.90. The molecular weight excluding hydrogens is 522 g/mol. The molecule has 3 aromatic carbocycles. The molecule has 10 nitrogen and oxygen atoms in total. The number of thiazole rings is 1. The number of amidine groups is 1. The lowest BCUT2D eigenvalue weighted by Gasteiger charge is -2.18. The number of nitrogens with two attached hydrogens (primary N) is 1. The maximum absolute atomic E-state index is 13.5. The summed E-state index contributed by atoms with van der Waals surface area (Å²) in [6.45, 7) is 0. The van der Waals surface area contributed by atoms with E-state index in [9.17, 15) is 13.2 Å². The Labute approximate surface area is 222 Å². The maximum Gasteiger partial charge on any atom is 0.276 e. The van der Waals surface area contributed by atoms with Crippen molar-refractivity contribution in [2.45, 2.75) is 17.4 Å². The number of para-hydroxylation sites is 1. The predicted molar refractivity (Wildman–Crippen MR) is 147 cm³/mol. The van der Waals surface area contributed by atoms with Gasteiger partial charge < -0.3 is 11.1 Å². The second-order valence-electron chi connectivity index (χ2n) is 8.45. The van der Waals surface area contributed by atoms with Gasteiger partial charge in [0.1, 0.15) is 16.5 Å². The number of benzene rings is 3. The summed E-state index contributed by atoms with van der Waals surface area (Å²) in [4.78, 5) is 17.0. The zero-order chi connectivity index (χ0) is 26.7. The van der Waals surface area contributed by atoms with Crippen LogP contribution in [0.2, 0.25) is 0 Å². The van der Waals surface area contributed by atoms with Gasteiger partial charge in [0, 0.05) is 17.4 Å². The highest BCUT2D eigenvalue weighted by atomic mass is 32.2. The molecule has 0 aliphatic rings. The smallest absolute Gasteiger partial charge is 0.276 e. The number of H-pyrrole nitrogens is 1. The van der Waals surface area contributed by atoms with Crippen molar-refractivity contribution in [1.82, 2.24) is 19.9 Å². The Balaban J connectivity index is 1.45. The largest absolute Gasteiger partial charge is 0.384 e. The first-order valence-electron chi connectivity index (χ1n) is 11.5. The average Bonchev–Trinajstić information content (AvgIpc) is 3.59. The number of carbonyl (C=O) groups is 1. The molecule has 0 bridgehead atoms. The molecule has 192 valence electrons. The van der Waals surface area contributed by atoms with Crippen LogP contribution in [0.3, 0.4) is 0 Å². The number of nitrogens with one attached hydrogen (secondary N) is 4. The SMILES string of the molecule is N=C(N)c1cccc(C[C@@H](NS(=O)(=O)c2cccc(NC(=O)c3cc[nH]n3)c2)c2nc3ccccc3s2)c1. The normalized spacial score (nSPS) is 12.3. The Morgan fingerprint density at radius 3 is 2.63 bits per heavy atom. The van der Waals surface area contributed by atoms with E-state index in [1.807, 2.05) is 30.3 Å². The second kappa shape index (κ2) is 10.5. The molecule has 1 amide bonds. The number of sulfonamides is 1. The third-order valence-corrected chi connectivity index (χ3v) is 8.34. The van der Waals surface area contributed by atoms with Gasteiger partial charge in [-0.25, -0.2) is 18.1 Å². The molecule has 2 heterocycles. The summed E-state index contributed by atoms with van der Waals surface area (Å²) in [5.74, 6) is -0.538. The minimum atomic E-state index is -4.03. The van der Waals surface area contributed by atoms with Gasteiger partial charge in [-0.15, -0.1) is 11.3 Å². The third-order valence-electron chi connectivity index (χ3n) is 5.72. The molecular formula is C26H23N7O3S2. The van der Waals surface area contributed by atoms with Crippen LogP contribution in [0, 0.1) is 5.41 Å². The number of hydrogen-bond donors (Lipinski definition) is 5. The van der Waals surface area contributed by atoms with E-state index in [1.54, 1.807) is 30.3 Å². The van der Waals surface area contributed by atoms with E-state index in [4.69, 9.17) is 11.1 Å². The molecule has 5 aromatic rings. The van der Waals surface area contributed by atoms with Crippen molar-refractivity contribution in [2.24, 2.45) is 5.73 Å². The van der Waals surface area contributed by atoms with E-state index >= 15 is 0 Å². The molecule has 1 atom stereocenters. The van der Waals surface area contributed by atoms with E-state index < -0.39 is 22.0 Å². The van der Waals surface area contributed by atoms with Gasteiger partial charge in [-0.3, -0.25) is 15.3 Å². The minimum Gasteiger partial charge on any atom is -0.384 e. The minimum absolute atomic E-state index is 0.0130. The first kappa shape index (κ1) is 25.3. The van der Waals surface area contributed by atoms with Gasteiger partial charge in [0.25, 0.3) is 5.91 Å². The maximum atomic E-state index is 13.5. The molecule has 0 unspecified atom stereocenters. The first-order chi connectivity index (χ1) is 18.3. The summed E-state index contributed by atoms with van der Waals surface area (Å²) in [7, 11) is -4.03. The van der Waals surface area contributed by atoms with Gasteiger partial charge in [0.05, 0.1) is 21.2 Å². The average molecular weight is 546 g/mol. The van der Waals surface area contributed by atoms with E-state index in [1.165, 1.54) is 35.7 Å². The summed E-state index contributed by atoms with van der Waals surface area (Å²) in [5.41, 5.74) is 8.27. The quantitative estimate of drug-likeness (QED) is 0.139. The summed E-state index contributed by atoms with van der Waals surface area (Å²) in [6.07, 6.45) is 1.81. The molecule has 0 saturated heterocycles. The van der Waals surface area contributed by atoms with Crippen molar-refractivity contribution >= 4 is 49.0 Å². The van der Waals surface area contributed by atoms with Gasteiger partial charge >= 0.3 is 0 Å². The zero-order valence-corrected chi connectivity index (χ0v) is 21.5. The van der Waals surface area contributed by atoms with Crippen LogP contribution in [0.5, 0.6) is 0 Å². The van der Waals surface area contributed by atoms with E-state index in [-0.39, 0.29) is 22.8 Å². The molecule has 5 rings (SSSR count). The lowest BCUT2D eigenvalue weighted by molar-refractivity contribution is 0.102. The van der Waals surface area contributed by atoms with Crippen LogP contribution in [0.25, 0.3) is 10.2 Å². The number of rotatable bonds is 9. The molecule has 0 spiro atoms. The molecule has 0 aliphatic heterocycles. The van der Waals surface area contributed by atoms with Crippen LogP contribution in [0.1, 0.15) is 32.7 Å². The van der Waals surface area contributed by atoms with Crippen molar-refractivity contribution in [3.63, 3.8) is 0 Å². The fourth-order valence-corrected chi connectivity index (χ4v) is 6.24. The molecule has 38 heavy (non-hydrogen) atoms. The van der Waals surface area contributed by atoms with Crippen LogP contribution < -0.4 is 15.8 Å². The number of nitrogens with zero attached hydrogens (tertiary/aromatic N) is 2. The number of anilines is 1. The summed E-state index contributed by atoms with van der Waals surface area (Å²) in [5, 5.41) is 17.4. The number of amides is 1. The van der Waals surface area contributed by atoms with Crippen LogP contribution in [0.15, 0.2) is 90.0 Å². The lowest BCUT2D eigenvalue weighted by atomic mass is 10.0. The van der Waals surface area contributed by atoms with Crippen LogP contribution >= 0.6 is 11.3 Å². The molecule has 12 heteroatoms. The van der Waals surface area contributed by atoms with Gasteiger partial charge in [-0.2, -0.15) is 5.10 Å². The van der Waals surface area contributed by atoms with E-state index in [0.717, 1.165) is 15.8 Å². The molecule has 2 aromatic heterocycles. The Morgan fingerprint density at radius 2 is 1.87 bits per heavy atom. The molecule has 0 radical (unpaired) electrons. The third kappa shape index (κ3) is 5.62. The van der Waals surface area contributed by atoms with Crippen molar-refractivity contribution in [2.75, 3.05) is 5.32 Å². The Kier molecular flexibility index (Phi) is 7.01. The topological polar surface area (TPSA) is 167 Å². The number of carbonyl (C=O) groups excluding carboxylic acids is 1. The van der Waals surface area contributed by atoms with Crippen LogP contribution in [-0.4, -0.2) is 35.3 Å². The molecule has 0 saturated carbocycles. The Bertz CT molecular complexity index is 1700. The van der Waals surface area contributed by atoms with Gasteiger partial charge in [0.2, 0.25) is 10.0 Å². The Morgan fingerprint density at radius 1 is 1.05 bits per heavy atom. The second-order valence-corrected chi connectivity index (χ2v) is 11.2. The van der Waals surface area contributed by atoms with Gasteiger partial charge in [0.15, 0.2) is 0 Å². The highest BCUT2D eigenvalue weighted by Gasteiger charge is 2.25. The number of fused-ring (bicyclic) bond motifs is 1.